The number of aliphatic carboxylic acids is 1. The van der Waals surface area contributed by atoms with Crippen molar-refractivity contribution in [2.75, 3.05) is 6.54 Å². The molecule has 2 N–H and O–H groups in total. The molecule has 0 aromatic heterocycles. The van der Waals surface area contributed by atoms with Gasteiger partial charge in [0.1, 0.15) is 4.83 Å². The smallest absolute Gasteiger partial charge is 0.317 e. The second-order valence-corrected chi connectivity index (χ2v) is 3.89. The molecule has 0 spiro atoms. The lowest BCUT2D eigenvalue weighted by Gasteiger charge is -2.04. The van der Waals surface area contributed by atoms with E-state index in [1.165, 1.54) is 6.92 Å². The third kappa shape index (κ3) is 7.77. The molecule has 0 saturated carbocycles. The number of carbonyl (C=O) groups is 2. The van der Waals surface area contributed by atoms with E-state index < -0.39 is 10.8 Å². The fourth-order valence-electron chi connectivity index (χ4n) is 0.836. The summed E-state index contributed by atoms with van der Waals surface area (Å²) in [7, 11) is 0. The molecule has 0 aliphatic heterocycles. The molecule has 76 valence electrons. The number of unbranched alkanes of at least 4 members (excludes halogenated alkanes) is 1. The van der Waals surface area contributed by atoms with Crippen molar-refractivity contribution < 1.29 is 14.7 Å². The van der Waals surface area contributed by atoms with Gasteiger partial charge in [-0.25, -0.2) is 0 Å². The van der Waals surface area contributed by atoms with Crippen LogP contribution in [0.5, 0.6) is 0 Å². The monoisotopic (exact) mass is 251 g/mol. The van der Waals surface area contributed by atoms with Crippen LogP contribution in [0.3, 0.4) is 0 Å². The zero-order chi connectivity index (χ0) is 10.3. The molecular formula is C8H14BrNO3. The van der Waals surface area contributed by atoms with Crippen LogP contribution in [0.15, 0.2) is 0 Å². The Hall–Kier alpha value is -0.580. The molecule has 0 rings (SSSR count). The van der Waals surface area contributed by atoms with E-state index >= 15 is 0 Å². The van der Waals surface area contributed by atoms with Crippen LogP contribution in [0.1, 0.15) is 26.2 Å². The molecule has 4 nitrogen and oxygen atoms in total. The summed E-state index contributed by atoms with van der Waals surface area (Å²) in [5.41, 5.74) is 0. The third-order valence-corrected chi connectivity index (χ3v) is 2.38. The van der Waals surface area contributed by atoms with Gasteiger partial charge in [0.25, 0.3) is 0 Å². The highest BCUT2D eigenvalue weighted by Gasteiger charge is 2.11. The average molecular weight is 252 g/mol. The molecule has 1 amide bonds. The van der Waals surface area contributed by atoms with Gasteiger partial charge in [0.05, 0.1) is 0 Å². The number of hydrogen-bond acceptors (Lipinski definition) is 2. The van der Waals surface area contributed by atoms with Gasteiger partial charge in [-0.3, -0.25) is 9.59 Å². The summed E-state index contributed by atoms with van der Waals surface area (Å²) in [6.45, 7) is 2.08. The number of alkyl halides is 1. The van der Waals surface area contributed by atoms with Crippen molar-refractivity contribution >= 4 is 27.8 Å². The van der Waals surface area contributed by atoms with Crippen LogP contribution in [0.25, 0.3) is 0 Å². The average Bonchev–Trinajstić information content (AvgIpc) is 2.02. The first-order chi connectivity index (χ1) is 6.04. The molecule has 0 aromatic carbocycles. The first-order valence-electron chi connectivity index (χ1n) is 4.15. The van der Waals surface area contributed by atoms with Gasteiger partial charge < -0.3 is 10.4 Å². The molecule has 0 saturated heterocycles. The predicted molar refractivity (Wildman–Crippen MR) is 52.9 cm³/mol. The maximum Gasteiger partial charge on any atom is 0.317 e. The molecule has 0 aromatic rings. The highest BCUT2D eigenvalue weighted by atomic mass is 79.9. The highest BCUT2D eigenvalue weighted by molar-refractivity contribution is 9.10. The predicted octanol–water partition coefficient (Wildman–Crippen LogP) is 1.14. The van der Waals surface area contributed by atoms with Gasteiger partial charge in [-0.15, -0.1) is 0 Å². The minimum atomic E-state index is -0.834. The van der Waals surface area contributed by atoms with E-state index in [1.807, 2.05) is 0 Å². The van der Waals surface area contributed by atoms with Crippen molar-refractivity contribution in [2.24, 2.45) is 0 Å². The fraction of sp³-hybridized carbons (Fsp3) is 0.750. The van der Waals surface area contributed by atoms with Gasteiger partial charge in [0.2, 0.25) is 5.91 Å². The number of halogens is 1. The van der Waals surface area contributed by atoms with E-state index in [9.17, 15) is 9.59 Å². The summed E-state index contributed by atoms with van der Waals surface area (Å²) >= 11 is 3.04. The van der Waals surface area contributed by atoms with Crippen LogP contribution in [-0.2, 0) is 9.59 Å². The summed E-state index contributed by atoms with van der Waals surface area (Å²) in [6, 6.07) is 0. The fourth-order valence-corrected chi connectivity index (χ4v) is 1.16. The molecule has 0 aliphatic carbocycles. The Labute approximate surface area is 85.8 Å². The van der Waals surface area contributed by atoms with Crippen LogP contribution in [0.2, 0.25) is 0 Å². The van der Waals surface area contributed by atoms with E-state index in [4.69, 9.17) is 5.11 Å². The minimum absolute atomic E-state index is 0.0476. The molecule has 1 atom stereocenters. The van der Waals surface area contributed by atoms with Gasteiger partial charge in [0, 0.05) is 13.5 Å². The lowest BCUT2D eigenvalue weighted by atomic mass is 10.2. The van der Waals surface area contributed by atoms with Crippen molar-refractivity contribution in [2.45, 2.75) is 31.0 Å². The maximum absolute atomic E-state index is 10.4. The van der Waals surface area contributed by atoms with Crippen LogP contribution in [0.4, 0.5) is 0 Å². The Balaban J connectivity index is 3.26. The van der Waals surface area contributed by atoms with Gasteiger partial charge in [-0.05, 0) is 19.3 Å². The highest BCUT2D eigenvalue weighted by Crippen LogP contribution is 2.09. The zero-order valence-electron chi connectivity index (χ0n) is 7.55. The second kappa shape index (κ2) is 6.88. The van der Waals surface area contributed by atoms with Crippen molar-refractivity contribution in [3.8, 4) is 0 Å². The van der Waals surface area contributed by atoms with E-state index in [0.717, 1.165) is 12.8 Å². The molecule has 0 unspecified atom stereocenters. The van der Waals surface area contributed by atoms with Gasteiger partial charge in [-0.2, -0.15) is 0 Å². The third-order valence-electron chi connectivity index (χ3n) is 1.53. The number of carboxylic acids is 1. The topological polar surface area (TPSA) is 66.4 Å². The molecule has 5 heteroatoms. The Morgan fingerprint density at radius 1 is 1.46 bits per heavy atom. The maximum atomic E-state index is 10.4. The van der Waals surface area contributed by atoms with Crippen molar-refractivity contribution in [3.05, 3.63) is 0 Å². The first-order valence-corrected chi connectivity index (χ1v) is 5.07. The molecule has 0 bridgehead atoms. The molecule has 13 heavy (non-hydrogen) atoms. The molecule has 0 radical (unpaired) electrons. The van der Waals surface area contributed by atoms with Crippen molar-refractivity contribution in [1.29, 1.82) is 0 Å². The summed E-state index contributed by atoms with van der Waals surface area (Å²) < 4.78 is 0. The Morgan fingerprint density at radius 3 is 2.54 bits per heavy atom. The van der Waals surface area contributed by atoms with E-state index in [0.29, 0.717) is 13.0 Å². The number of carboxylic acid groups (broad SMARTS) is 1. The number of hydrogen-bond donors (Lipinski definition) is 2. The first kappa shape index (κ1) is 12.4. The van der Waals surface area contributed by atoms with Crippen LogP contribution < -0.4 is 5.32 Å². The number of rotatable bonds is 6. The zero-order valence-corrected chi connectivity index (χ0v) is 9.13. The number of amides is 1. The van der Waals surface area contributed by atoms with Crippen LogP contribution >= 0.6 is 15.9 Å². The lowest BCUT2D eigenvalue weighted by Crippen LogP contribution is -2.21. The number of carbonyl (C=O) groups excluding carboxylic acids is 1. The second-order valence-electron chi connectivity index (χ2n) is 2.78. The molecule has 0 heterocycles. The normalized spacial score (nSPS) is 12.2. The summed E-state index contributed by atoms with van der Waals surface area (Å²) in [5.74, 6) is -0.881. The Bertz CT molecular complexity index is 184. The molecule has 0 fully saturated rings. The van der Waals surface area contributed by atoms with Gasteiger partial charge in [0.15, 0.2) is 0 Å². The summed E-state index contributed by atoms with van der Waals surface area (Å²) in [6.07, 6.45) is 2.20. The standard InChI is InChI=1S/C8H14BrNO3/c1-6(11)10-5-3-2-4-7(9)8(12)13/h7H,2-5H2,1H3,(H,10,11)(H,12,13)/t7-/m1/s1. The molecule has 0 aliphatic rings. The van der Waals surface area contributed by atoms with Gasteiger partial charge >= 0.3 is 5.97 Å². The van der Waals surface area contributed by atoms with Gasteiger partial charge in [-0.1, -0.05) is 15.9 Å². The van der Waals surface area contributed by atoms with E-state index in [-0.39, 0.29) is 5.91 Å². The van der Waals surface area contributed by atoms with Crippen LogP contribution in [-0.4, -0.2) is 28.4 Å². The largest absolute Gasteiger partial charge is 0.480 e. The SMILES string of the molecule is CC(=O)NCCCC[C@@H](Br)C(=O)O. The number of nitrogens with one attached hydrogen (secondary N) is 1. The van der Waals surface area contributed by atoms with E-state index in [1.54, 1.807) is 0 Å². The summed E-state index contributed by atoms with van der Waals surface area (Å²) in [4.78, 5) is 20.3. The molecular weight excluding hydrogens is 238 g/mol. The quantitative estimate of drug-likeness (QED) is 0.550. The lowest BCUT2D eigenvalue weighted by molar-refractivity contribution is -0.136. The minimum Gasteiger partial charge on any atom is -0.480 e. The summed E-state index contributed by atoms with van der Waals surface area (Å²) in [5, 5.41) is 11.2. The van der Waals surface area contributed by atoms with E-state index in [2.05, 4.69) is 21.2 Å². The Kier molecular flexibility index (Phi) is 6.58. The Morgan fingerprint density at radius 2 is 2.08 bits per heavy atom. The van der Waals surface area contributed by atoms with Crippen molar-refractivity contribution in [3.63, 3.8) is 0 Å². The van der Waals surface area contributed by atoms with Crippen molar-refractivity contribution in [1.82, 2.24) is 5.32 Å². The van der Waals surface area contributed by atoms with Crippen LogP contribution in [0, 0.1) is 0 Å².